The maximum absolute atomic E-state index is 13.4. The molecule has 5 heteroatoms. The summed E-state index contributed by atoms with van der Waals surface area (Å²) in [4.78, 5) is 0. The Morgan fingerprint density at radius 2 is 1.84 bits per heavy atom. The monoisotopic (exact) mass is 406 g/mol. The molecule has 0 N–H and O–H groups in total. The second kappa shape index (κ2) is 6.25. The van der Waals surface area contributed by atoms with Gasteiger partial charge in [0.1, 0.15) is 11.6 Å². The van der Waals surface area contributed by atoms with E-state index in [1.54, 1.807) is 6.07 Å². The van der Waals surface area contributed by atoms with Crippen molar-refractivity contribution in [1.29, 1.82) is 0 Å². The molecule has 0 fully saturated rings. The molecule has 0 aliphatic carbocycles. The zero-order valence-electron chi connectivity index (χ0n) is 9.96. The summed E-state index contributed by atoms with van der Waals surface area (Å²) < 4.78 is 20.4. The Labute approximate surface area is 133 Å². The molecule has 0 amide bonds. The second-order valence-electron chi connectivity index (χ2n) is 3.91. The number of hydrogen-bond donors (Lipinski definition) is 0. The van der Waals surface area contributed by atoms with E-state index in [0.717, 1.165) is 14.5 Å². The molecule has 0 radical (unpaired) electrons. The average Bonchev–Trinajstić information content (AvgIpc) is 2.38. The van der Waals surface area contributed by atoms with E-state index >= 15 is 0 Å². The Hall–Kier alpha value is -0.580. The molecule has 0 saturated carbocycles. The molecule has 0 spiro atoms. The SMILES string of the molecule is COc1ccc(F)cc1C(Cl)c1ccc(Br)cc1Br. The summed E-state index contributed by atoms with van der Waals surface area (Å²) in [5, 5.41) is -0.492. The zero-order chi connectivity index (χ0) is 14.0. The topological polar surface area (TPSA) is 9.23 Å². The van der Waals surface area contributed by atoms with Crippen LogP contribution in [-0.4, -0.2) is 7.11 Å². The van der Waals surface area contributed by atoms with Gasteiger partial charge in [-0.15, -0.1) is 11.6 Å². The fourth-order valence-electron chi connectivity index (χ4n) is 1.78. The third-order valence-corrected chi connectivity index (χ3v) is 4.35. The minimum absolute atomic E-state index is 0.338. The fourth-order valence-corrected chi connectivity index (χ4v) is 3.55. The van der Waals surface area contributed by atoms with E-state index in [9.17, 15) is 4.39 Å². The molecule has 1 nitrogen and oxygen atoms in total. The van der Waals surface area contributed by atoms with E-state index in [-0.39, 0.29) is 5.82 Å². The van der Waals surface area contributed by atoms with Gasteiger partial charge in [0.2, 0.25) is 0 Å². The van der Waals surface area contributed by atoms with Gasteiger partial charge in [-0.1, -0.05) is 37.9 Å². The fraction of sp³-hybridized carbons (Fsp3) is 0.143. The van der Waals surface area contributed by atoms with E-state index in [2.05, 4.69) is 31.9 Å². The van der Waals surface area contributed by atoms with Gasteiger partial charge in [-0.3, -0.25) is 0 Å². The lowest BCUT2D eigenvalue weighted by molar-refractivity contribution is 0.409. The molecule has 2 aromatic carbocycles. The minimum Gasteiger partial charge on any atom is -0.496 e. The molecule has 1 atom stereocenters. The summed E-state index contributed by atoms with van der Waals surface area (Å²) in [6.45, 7) is 0. The van der Waals surface area contributed by atoms with Crippen molar-refractivity contribution in [2.45, 2.75) is 5.38 Å². The molecule has 2 aromatic rings. The van der Waals surface area contributed by atoms with Crippen molar-refractivity contribution in [2.24, 2.45) is 0 Å². The van der Waals surface area contributed by atoms with Gasteiger partial charge in [0.25, 0.3) is 0 Å². The summed E-state index contributed by atoms with van der Waals surface area (Å²) in [6.07, 6.45) is 0. The quantitative estimate of drug-likeness (QED) is 0.593. The van der Waals surface area contributed by atoms with Crippen LogP contribution in [0.2, 0.25) is 0 Å². The van der Waals surface area contributed by atoms with E-state index in [4.69, 9.17) is 16.3 Å². The number of methoxy groups -OCH3 is 1. The Kier molecular flexibility index (Phi) is 4.87. The van der Waals surface area contributed by atoms with Gasteiger partial charge in [0.05, 0.1) is 12.5 Å². The number of halogens is 4. The maximum atomic E-state index is 13.4. The highest BCUT2D eigenvalue weighted by molar-refractivity contribution is 9.11. The average molecular weight is 408 g/mol. The Morgan fingerprint density at radius 3 is 2.47 bits per heavy atom. The first-order valence-corrected chi connectivity index (χ1v) is 7.47. The number of alkyl halides is 1. The van der Waals surface area contributed by atoms with Crippen molar-refractivity contribution in [3.8, 4) is 5.75 Å². The first-order valence-electron chi connectivity index (χ1n) is 5.45. The summed E-state index contributed by atoms with van der Waals surface area (Å²) in [7, 11) is 1.54. The molecule has 0 aliphatic heterocycles. The molecule has 0 aromatic heterocycles. The van der Waals surface area contributed by atoms with E-state index in [0.29, 0.717) is 11.3 Å². The molecule has 0 bridgehead atoms. The molecule has 19 heavy (non-hydrogen) atoms. The lowest BCUT2D eigenvalue weighted by Crippen LogP contribution is -1.99. The molecule has 1 unspecified atom stereocenters. The summed E-state index contributed by atoms with van der Waals surface area (Å²) in [5.41, 5.74) is 1.46. The second-order valence-corrected chi connectivity index (χ2v) is 6.12. The van der Waals surface area contributed by atoms with Gasteiger partial charge in [-0.25, -0.2) is 4.39 Å². The Balaban J connectivity index is 2.49. The first kappa shape index (κ1) is 14.8. The van der Waals surface area contributed by atoms with Crippen LogP contribution in [0.25, 0.3) is 0 Å². The normalized spacial score (nSPS) is 12.3. The number of ether oxygens (including phenoxy) is 1. The largest absolute Gasteiger partial charge is 0.496 e. The molecule has 0 saturated heterocycles. The minimum atomic E-state index is -0.492. The Morgan fingerprint density at radius 1 is 1.11 bits per heavy atom. The summed E-state index contributed by atoms with van der Waals surface area (Å²) in [6, 6.07) is 9.99. The van der Waals surface area contributed by atoms with Crippen LogP contribution in [0, 0.1) is 5.82 Å². The van der Waals surface area contributed by atoms with Gasteiger partial charge >= 0.3 is 0 Å². The van der Waals surface area contributed by atoms with Crippen LogP contribution in [0.1, 0.15) is 16.5 Å². The van der Waals surface area contributed by atoms with Crippen LogP contribution in [0.5, 0.6) is 5.75 Å². The zero-order valence-corrected chi connectivity index (χ0v) is 13.9. The van der Waals surface area contributed by atoms with Crippen LogP contribution in [0.15, 0.2) is 45.3 Å². The lowest BCUT2D eigenvalue weighted by atomic mass is 10.0. The van der Waals surface area contributed by atoms with Gasteiger partial charge in [-0.05, 0) is 35.9 Å². The van der Waals surface area contributed by atoms with Crippen molar-refractivity contribution in [1.82, 2.24) is 0 Å². The van der Waals surface area contributed by atoms with Crippen molar-refractivity contribution < 1.29 is 9.13 Å². The van der Waals surface area contributed by atoms with Crippen molar-refractivity contribution >= 4 is 43.5 Å². The molecular weight excluding hydrogens is 398 g/mol. The highest BCUT2D eigenvalue weighted by Crippen LogP contribution is 2.39. The third-order valence-electron chi connectivity index (χ3n) is 2.70. The smallest absolute Gasteiger partial charge is 0.124 e. The molecule has 0 aliphatic rings. The molecule has 2 rings (SSSR count). The number of benzene rings is 2. The van der Waals surface area contributed by atoms with Crippen LogP contribution in [-0.2, 0) is 0 Å². The number of rotatable bonds is 3. The predicted molar refractivity (Wildman–Crippen MR) is 82.5 cm³/mol. The van der Waals surface area contributed by atoms with Gasteiger partial charge in [-0.2, -0.15) is 0 Å². The maximum Gasteiger partial charge on any atom is 0.124 e. The van der Waals surface area contributed by atoms with E-state index < -0.39 is 5.38 Å². The van der Waals surface area contributed by atoms with E-state index in [1.807, 2.05) is 18.2 Å². The summed E-state index contributed by atoms with van der Waals surface area (Å²) >= 11 is 13.3. The van der Waals surface area contributed by atoms with Crippen molar-refractivity contribution in [3.63, 3.8) is 0 Å². The third kappa shape index (κ3) is 3.30. The molecule has 0 heterocycles. The highest BCUT2D eigenvalue weighted by Gasteiger charge is 2.19. The van der Waals surface area contributed by atoms with Crippen molar-refractivity contribution in [2.75, 3.05) is 7.11 Å². The van der Waals surface area contributed by atoms with Crippen LogP contribution in [0.4, 0.5) is 4.39 Å². The van der Waals surface area contributed by atoms with Crippen LogP contribution >= 0.6 is 43.5 Å². The van der Waals surface area contributed by atoms with Gasteiger partial charge in [0, 0.05) is 14.5 Å². The summed E-state index contributed by atoms with van der Waals surface area (Å²) in [5.74, 6) is 0.228. The van der Waals surface area contributed by atoms with Gasteiger partial charge < -0.3 is 4.74 Å². The first-order chi connectivity index (χ1) is 9.02. The van der Waals surface area contributed by atoms with Gasteiger partial charge in [0.15, 0.2) is 0 Å². The van der Waals surface area contributed by atoms with Crippen molar-refractivity contribution in [3.05, 3.63) is 62.3 Å². The van der Waals surface area contributed by atoms with Crippen LogP contribution in [0.3, 0.4) is 0 Å². The number of hydrogen-bond acceptors (Lipinski definition) is 1. The van der Waals surface area contributed by atoms with Crippen LogP contribution < -0.4 is 4.74 Å². The highest BCUT2D eigenvalue weighted by atomic mass is 79.9. The standard InChI is InChI=1S/C14H10Br2ClFO/c1-19-13-5-3-9(18)7-11(13)14(17)10-4-2-8(15)6-12(10)16/h2-7,14H,1H3. The Bertz CT molecular complexity index is 604. The molecular formula is C14H10Br2ClFO. The lowest BCUT2D eigenvalue weighted by Gasteiger charge is -2.16. The molecule has 100 valence electrons. The predicted octanol–water partition coefficient (Wildman–Crippen LogP) is 5.69. The van der Waals surface area contributed by atoms with E-state index in [1.165, 1.54) is 19.2 Å².